The molecule has 0 aliphatic rings. The van der Waals surface area contributed by atoms with E-state index in [0.717, 1.165) is 20.9 Å². The summed E-state index contributed by atoms with van der Waals surface area (Å²) in [5.41, 5.74) is 2.26. The first kappa shape index (κ1) is 22.4. The molecule has 0 bridgehead atoms. The molecule has 0 radical (unpaired) electrons. The van der Waals surface area contributed by atoms with E-state index in [1.807, 2.05) is 62.4 Å². The van der Waals surface area contributed by atoms with Crippen LogP contribution in [-0.4, -0.2) is 35.7 Å². The minimum atomic E-state index is -0.715. The van der Waals surface area contributed by atoms with Crippen LogP contribution in [0.2, 0.25) is 0 Å². The van der Waals surface area contributed by atoms with Gasteiger partial charge in [0.15, 0.2) is 0 Å². The first-order valence-electron chi connectivity index (χ1n) is 9.24. The summed E-state index contributed by atoms with van der Waals surface area (Å²) in [7, 11) is 0. The predicted octanol–water partition coefficient (Wildman–Crippen LogP) is 5.05. The Labute approximate surface area is 175 Å². The van der Waals surface area contributed by atoms with Crippen molar-refractivity contribution >= 4 is 35.5 Å². The highest BCUT2D eigenvalue weighted by Gasteiger charge is 2.38. The molecule has 0 unspecified atom stereocenters. The lowest BCUT2D eigenvalue weighted by Crippen LogP contribution is -2.37. The SMILES string of the molecule is CCOC(=O)[C@@H](Sc1ccc(C)cc1)[C@@H](Sc1ccc(C)cc1)C(=O)OCC. The average Bonchev–Trinajstić information content (AvgIpc) is 2.68. The van der Waals surface area contributed by atoms with Crippen molar-refractivity contribution in [3.63, 3.8) is 0 Å². The van der Waals surface area contributed by atoms with Gasteiger partial charge in [-0.3, -0.25) is 9.59 Å². The highest BCUT2D eigenvalue weighted by atomic mass is 32.2. The van der Waals surface area contributed by atoms with Crippen molar-refractivity contribution in [2.75, 3.05) is 13.2 Å². The van der Waals surface area contributed by atoms with E-state index in [2.05, 4.69) is 0 Å². The monoisotopic (exact) mass is 418 g/mol. The maximum atomic E-state index is 12.7. The molecule has 6 heteroatoms. The summed E-state index contributed by atoms with van der Waals surface area (Å²) >= 11 is 2.67. The minimum absolute atomic E-state index is 0.258. The number of thioether (sulfide) groups is 2. The smallest absolute Gasteiger partial charge is 0.321 e. The molecule has 0 spiro atoms. The van der Waals surface area contributed by atoms with Crippen LogP contribution in [0.1, 0.15) is 25.0 Å². The number of carbonyl (C=O) groups is 2. The third kappa shape index (κ3) is 6.60. The number of hydrogen-bond donors (Lipinski definition) is 0. The van der Waals surface area contributed by atoms with Gasteiger partial charge in [-0.25, -0.2) is 0 Å². The molecule has 2 aromatic carbocycles. The number of carbonyl (C=O) groups excluding carboxylic acids is 2. The number of hydrogen-bond acceptors (Lipinski definition) is 6. The van der Waals surface area contributed by atoms with Crippen molar-refractivity contribution in [3.8, 4) is 0 Å². The Hall–Kier alpha value is -1.92. The lowest BCUT2D eigenvalue weighted by atomic mass is 10.2. The summed E-state index contributed by atoms with van der Waals surface area (Å²) in [5, 5.41) is -1.43. The highest BCUT2D eigenvalue weighted by Crippen LogP contribution is 2.36. The van der Waals surface area contributed by atoms with Crippen molar-refractivity contribution in [1.82, 2.24) is 0 Å². The molecule has 0 N–H and O–H groups in total. The Kier molecular flexibility index (Phi) is 8.93. The number of benzene rings is 2. The summed E-state index contributed by atoms with van der Waals surface area (Å²) in [6.07, 6.45) is 0. The number of rotatable bonds is 9. The molecular weight excluding hydrogens is 392 g/mol. The highest BCUT2D eigenvalue weighted by molar-refractivity contribution is 8.04. The fraction of sp³-hybridized carbons (Fsp3) is 0.364. The largest absolute Gasteiger partial charge is 0.465 e. The van der Waals surface area contributed by atoms with Crippen LogP contribution < -0.4 is 0 Å². The van der Waals surface area contributed by atoms with Crippen LogP contribution in [0.3, 0.4) is 0 Å². The Morgan fingerprint density at radius 3 is 1.32 bits per heavy atom. The Morgan fingerprint density at radius 2 is 1.04 bits per heavy atom. The molecule has 150 valence electrons. The molecule has 0 aliphatic carbocycles. The van der Waals surface area contributed by atoms with E-state index >= 15 is 0 Å². The standard InChI is InChI=1S/C22H26O4S2/c1-5-25-21(23)19(27-17-11-7-15(3)8-12-17)20(22(24)26-6-2)28-18-13-9-16(4)10-14-18/h7-14,19-20H,5-6H2,1-4H3/t19-,20+. The van der Waals surface area contributed by atoms with Gasteiger partial charge in [-0.1, -0.05) is 35.4 Å². The lowest BCUT2D eigenvalue weighted by molar-refractivity contribution is -0.148. The van der Waals surface area contributed by atoms with Gasteiger partial charge < -0.3 is 9.47 Å². The molecule has 28 heavy (non-hydrogen) atoms. The van der Waals surface area contributed by atoms with E-state index in [1.165, 1.54) is 23.5 Å². The Bertz CT molecular complexity index is 705. The second-order valence-electron chi connectivity index (χ2n) is 6.21. The van der Waals surface area contributed by atoms with Gasteiger partial charge in [0.1, 0.15) is 10.5 Å². The van der Waals surface area contributed by atoms with Crippen LogP contribution >= 0.6 is 23.5 Å². The summed E-state index contributed by atoms with van der Waals surface area (Å²) in [6.45, 7) is 8.05. The van der Waals surface area contributed by atoms with Crippen LogP contribution in [0.15, 0.2) is 58.3 Å². The van der Waals surface area contributed by atoms with Gasteiger partial charge >= 0.3 is 11.9 Å². The quantitative estimate of drug-likeness (QED) is 0.419. The van der Waals surface area contributed by atoms with E-state index in [1.54, 1.807) is 13.8 Å². The Balaban J connectivity index is 2.34. The van der Waals surface area contributed by atoms with Crippen LogP contribution in [-0.2, 0) is 19.1 Å². The molecule has 2 aromatic rings. The zero-order valence-corrected chi connectivity index (χ0v) is 18.3. The second-order valence-corrected chi connectivity index (χ2v) is 8.64. The number of aryl methyl sites for hydroxylation is 2. The van der Waals surface area contributed by atoms with Crippen molar-refractivity contribution in [2.24, 2.45) is 0 Å². The molecule has 0 fully saturated rings. The average molecular weight is 419 g/mol. The third-order valence-corrected chi connectivity index (χ3v) is 6.58. The van der Waals surface area contributed by atoms with Crippen LogP contribution in [0.25, 0.3) is 0 Å². The van der Waals surface area contributed by atoms with Gasteiger partial charge in [0, 0.05) is 9.79 Å². The van der Waals surface area contributed by atoms with E-state index < -0.39 is 22.4 Å². The molecule has 0 aromatic heterocycles. The first-order valence-corrected chi connectivity index (χ1v) is 11.0. The van der Waals surface area contributed by atoms with Gasteiger partial charge in [-0.15, -0.1) is 23.5 Å². The van der Waals surface area contributed by atoms with Crippen molar-refractivity contribution in [1.29, 1.82) is 0 Å². The van der Waals surface area contributed by atoms with Crippen LogP contribution in [0, 0.1) is 13.8 Å². The van der Waals surface area contributed by atoms with Gasteiger partial charge in [0.2, 0.25) is 0 Å². The summed E-state index contributed by atoms with van der Waals surface area (Å²) in [4.78, 5) is 27.3. The maximum Gasteiger partial charge on any atom is 0.321 e. The lowest BCUT2D eigenvalue weighted by Gasteiger charge is -2.23. The van der Waals surface area contributed by atoms with Crippen LogP contribution in [0.4, 0.5) is 0 Å². The van der Waals surface area contributed by atoms with Gasteiger partial charge in [0.05, 0.1) is 13.2 Å². The van der Waals surface area contributed by atoms with E-state index in [-0.39, 0.29) is 13.2 Å². The minimum Gasteiger partial charge on any atom is -0.465 e. The van der Waals surface area contributed by atoms with E-state index in [9.17, 15) is 9.59 Å². The Morgan fingerprint density at radius 1 is 0.714 bits per heavy atom. The summed E-state index contributed by atoms with van der Waals surface area (Å²) in [5.74, 6) is -0.823. The summed E-state index contributed by atoms with van der Waals surface area (Å²) in [6, 6.07) is 15.7. The molecule has 4 nitrogen and oxygen atoms in total. The normalized spacial score (nSPS) is 12.9. The molecule has 0 saturated carbocycles. The summed E-state index contributed by atoms with van der Waals surface area (Å²) < 4.78 is 10.6. The first-order chi connectivity index (χ1) is 13.4. The van der Waals surface area contributed by atoms with Gasteiger partial charge in [-0.2, -0.15) is 0 Å². The van der Waals surface area contributed by atoms with Crippen molar-refractivity contribution in [3.05, 3.63) is 59.7 Å². The fourth-order valence-corrected chi connectivity index (χ4v) is 4.75. The third-order valence-electron chi connectivity index (χ3n) is 3.88. The predicted molar refractivity (Wildman–Crippen MR) is 115 cm³/mol. The number of esters is 2. The zero-order chi connectivity index (χ0) is 20.5. The molecular formula is C22H26O4S2. The fourth-order valence-electron chi connectivity index (χ4n) is 2.44. The number of ether oxygens (including phenoxy) is 2. The molecule has 0 heterocycles. The zero-order valence-electron chi connectivity index (χ0n) is 16.6. The maximum absolute atomic E-state index is 12.7. The van der Waals surface area contributed by atoms with Crippen LogP contribution in [0.5, 0.6) is 0 Å². The van der Waals surface area contributed by atoms with E-state index in [0.29, 0.717) is 0 Å². The van der Waals surface area contributed by atoms with Crippen molar-refractivity contribution in [2.45, 2.75) is 48.0 Å². The molecule has 0 aliphatic heterocycles. The molecule has 0 amide bonds. The molecule has 2 atom stereocenters. The molecule has 2 rings (SSSR count). The van der Waals surface area contributed by atoms with Crippen molar-refractivity contribution < 1.29 is 19.1 Å². The second kappa shape index (κ2) is 11.2. The topological polar surface area (TPSA) is 52.6 Å². The van der Waals surface area contributed by atoms with Gasteiger partial charge in [0.25, 0.3) is 0 Å². The van der Waals surface area contributed by atoms with E-state index in [4.69, 9.17) is 9.47 Å². The van der Waals surface area contributed by atoms with Gasteiger partial charge in [-0.05, 0) is 52.0 Å². The molecule has 0 saturated heterocycles.